The van der Waals surface area contributed by atoms with Crippen molar-refractivity contribution in [2.75, 3.05) is 7.05 Å². The lowest BCUT2D eigenvalue weighted by Gasteiger charge is -2.14. The molecule has 0 atom stereocenters. The molecule has 0 saturated heterocycles. The molecule has 21 heavy (non-hydrogen) atoms. The Morgan fingerprint density at radius 1 is 1.33 bits per heavy atom. The molecule has 0 spiro atoms. The van der Waals surface area contributed by atoms with Crippen molar-refractivity contribution in [1.82, 2.24) is 15.2 Å². The summed E-state index contributed by atoms with van der Waals surface area (Å²) in [5, 5.41) is 3.43. The third-order valence-electron chi connectivity index (χ3n) is 3.46. The van der Waals surface area contributed by atoms with Crippen molar-refractivity contribution in [3.63, 3.8) is 0 Å². The maximum absolute atomic E-state index is 5.87. The molecule has 2 aromatic rings. The van der Waals surface area contributed by atoms with Crippen LogP contribution in [-0.2, 0) is 19.6 Å². The summed E-state index contributed by atoms with van der Waals surface area (Å²) < 4.78 is 5.87. The SMILES string of the molecule is Cc1ncsc1CN(C)Cc1cc(CNC(C)C)c(C)o1. The van der Waals surface area contributed by atoms with Gasteiger partial charge >= 0.3 is 0 Å². The topological polar surface area (TPSA) is 41.3 Å². The zero-order valence-electron chi connectivity index (χ0n) is 13.6. The van der Waals surface area contributed by atoms with Crippen molar-refractivity contribution in [2.24, 2.45) is 0 Å². The van der Waals surface area contributed by atoms with Crippen molar-refractivity contribution < 1.29 is 4.42 Å². The average Bonchev–Trinajstić information content (AvgIpc) is 2.94. The van der Waals surface area contributed by atoms with E-state index < -0.39 is 0 Å². The van der Waals surface area contributed by atoms with Gasteiger partial charge in [0.1, 0.15) is 11.5 Å². The van der Waals surface area contributed by atoms with E-state index in [1.807, 2.05) is 12.4 Å². The molecular formula is C16H25N3OS. The van der Waals surface area contributed by atoms with Crippen LogP contribution in [0.2, 0.25) is 0 Å². The highest BCUT2D eigenvalue weighted by Crippen LogP contribution is 2.19. The Morgan fingerprint density at radius 3 is 2.71 bits per heavy atom. The quantitative estimate of drug-likeness (QED) is 0.850. The van der Waals surface area contributed by atoms with Gasteiger partial charge in [0.2, 0.25) is 0 Å². The third-order valence-corrected chi connectivity index (χ3v) is 4.38. The Balaban J connectivity index is 1.93. The zero-order valence-corrected chi connectivity index (χ0v) is 14.4. The number of nitrogens with one attached hydrogen (secondary N) is 1. The summed E-state index contributed by atoms with van der Waals surface area (Å²) in [7, 11) is 2.11. The fourth-order valence-electron chi connectivity index (χ4n) is 2.20. The van der Waals surface area contributed by atoms with Gasteiger partial charge in [-0.3, -0.25) is 4.90 Å². The third kappa shape index (κ3) is 4.66. The first-order valence-corrected chi connectivity index (χ1v) is 8.22. The van der Waals surface area contributed by atoms with E-state index in [0.717, 1.165) is 36.8 Å². The zero-order chi connectivity index (χ0) is 15.4. The fraction of sp³-hybridized carbons (Fsp3) is 0.562. The molecule has 1 N–H and O–H groups in total. The molecule has 0 radical (unpaired) electrons. The molecule has 0 aromatic carbocycles. The first-order valence-electron chi connectivity index (χ1n) is 7.34. The van der Waals surface area contributed by atoms with Gasteiger partial charge in [-0.05, 0) is 27.0 Å². The molecule has 2 heterocycles. The van der Waals surface area contributed by atoms with Crippen molar-refractivity contribution in [2.45, 2.75) is 53.4 Å². The first kappa shape index (κ1) is 16.2. The summed E-state index contributed by atoms with van der Waals surface area (Å²) in [6, 6.07) is 2.65. The predicted octanol–water partition coefficient (Wildman–Crippen LogP) is 3.48. The van der Waals surface area contributed by atoms with Crippen LogP contribution in [0, 0.1) is 13.8 Å². The Labute approximate surface area is 131 Å². The summed E-state index contributed by atoms with van der Waals surface area (Å²) in [5.41, 5.74) is 4.29. The van der Waals surface area contributed by atoms with Crippen LogP contribution in [0.3, 0.4) is 0 Å². The van der Waals surface area contributed by atoms with Gasteiger partial charge in [0, 0.05) is 29.6 Å². The molecule has 0 bridgehead atoms. The molecule has 2 rings (SSSR count). The minimum absolute atomic E-state index is 0.486. The second-order valence-corrected chi connectivity index (χ2v) is 6.80. The maximum atomic E-state index is 5.87. The molecule has 0 aliphatic heterocycles. The van der Waals surface area contributed by atoms with Gasteiger partial charge in [0.25, 0.3) is 0 Å². The highest BCUT2D eigenvalue weighted by molar-refractivity contribution is 7.09. The average molecular weight is 307 g/mol. The Kier molecular flexibility index (Phi) is 5.56. The predicted molar refractivity (Wildman–Crippen MR) is 87.4 cm³/mol. The van der Waals surface area contributed by atoms with Crippen LogP contribution >= 0.6 is 11.3 Å². The van der Waals surface area contributed by atoms with Crippen LogP contribution in [0.1, 0.15) is 41.5 Å². The smallest absolute Gasteiger partial charge is 0.118 e. The molecule has 0 fully saturated rings. The van der Waals surface area contributed by atoms with E-state index in [1.165, 1.54) is 10.4 Å². The second-order valence-electron chi connectivity index (χ2n) is 5.86. The summed E-state index contributed by atoms with van der Waals surface area (Å²) in [5.74, 6) is 2.04. The normalized spacial score (nSPS) is 11.8. The van der Waals surface area contributed by atoms with Gasteiger partial charge < -0.3 is 9.73 Å². The lowest BCUT2D eigenvalue weighted by Crippen LogP contribution is -2.21. The summed E-state index contributed by atoms with van der Waals surface area (Å²) in [6.07, 6.45) is 0. The number of aryl methyl sites for hydroxylation is 2. The Morgan fingerprint density at radius 2 is 2.10 bits per heavy atom. The monoisotopic (exact) mass is 307 g/mol. The molecule has 0 saturated carbocycles. The van der Waals surface area contributed by atoms with E-state index in [2.05, 4.69) is 49.1 Å². The van der Waals surface area contributed by atoms with Crippen LogP contribution in [0.15, 0.2) is 16.0 Å². The van der Waals surface area contributed by atoms with Crippen LogP contribution in [-0.4, -0.2) is 23.0 Å². The van der Waals surface area contributed by atoms with Gasteiger partial charge in [-0.25, -0.2) is 4.98 Å². The van der Waals surface area contributed by atoms with E-state index in [4.69, 9.17) is 4.42 Å². The van der Waals surface area contributed by atoms with Gasteiger partial charge in [-0.2, -0.15) is 0 Å². The van der Waals surface area contributed by atoms with Gasteiger partial charge in [-0.1, -0.05) is 13.8 Å². The standard InChI is InChI=1S/C16H25N3OS/c1-11(2)17-7-14-6-15(20-13(14)4)8-19(5)9-16-12(3)18-10-21-16/h6,10-11,17H,7-9H2,1-5H3. The summed E-state index contributed by atoms with van der Waals surface area (Å²) in [6.45, 7) is 11.0. The number of aromatic nitrogens is 1. The molecule has 0 amide bonds. The first-order chi connectivity index (χ1) is 9.95. The fourth-order valence-corrected chi connectivity index (χ4v) is 3.06. The van der Waals surface area contributed by atoms with Crippen molar-refractivity contribution in [3.05, 3.63) is 39.2 Å². The van der Waals surface area contributed by atoms with Crippen LogP contribution in [0.5, 0.6) is 0 Å². The van der Waals surface area contributed by atoms with Gasteiger partial charge in [0.15, 0.2) is 0 Å². The van der Waals surface area contributed by atoms with E-state index >= 15 is 0 Å². The second kappa shape index (κ2) is 7.20. The number of hydrogen-bond donors (Lipinski definition) is 1. The minimum Gasteiger partial charge on any atom is -0.465 e. The van der Waals surface area contributed by atoms with E-state index in [9.17, 15) is 0 Å². The van der Waals surface area contributed by atoms with E-state index in [1.54, 1.807) is 11.3 Å². The van der Waals surface area contributed by atoms with Crippen LogP contribution < -0.4 is 5.32 Å². The molecule has 5 heteroatoms. The molecular weight excluding hydrogens is 282 g/mol. The highest BCUT2D eigenvalue weighted by Gasteiger charge is 2.11. The Hall–Kier alpha value is -1.17. The summed E-state index contributed by atoms with van der Waals surface area (Å²) >= 11 is 1.71. The molecule has 0 unspecified atom stereocenters. The van der Waals surface area contributed by atoms with Crippen molar-refractivity contribution in [3.8, 4) is 0 Å². The number of thiazole rings is 1. The summed E-state index contributed by atoms with van der Waals surface area (Å²) in [4.78, 5) is 7.88. The molecule has 0 aliphatic carbocycles. The molecule has 4 nitrogen and oxygen atoms in total. The Bertz CT molecular complexity index is 574. The largest absolute Gasteiger partial charge is 0.465 e. The lowest BCUT2D eigenvalue weighted by molar-refractivity contribution is 0.286. The van der Waals surface area contributed by atoms with Crippen LogP contribution in [0.4, 0.5) is 0 Å². The highest BCUT2D eigenvalue weighted by atomic mass is 32.1. The van der Waals surface area contributed by atoms with Crippen LogP contribution in [0.25, 0.3) is 0 Å². The molecule has 0 aliphatic rings. The van der Waals surface area contributed by atoms with E-state index in [-0.39, 0.29) is 0 Å². The van der Waals surface area contributed by atoms with E-state index in [0.29, 0.717) is 6.04 Å². The van der Waals surface area contributed by atoms with Gasteiger partial charge in [0.05, 0.1) is 17.7 Å². The van der Waals surface area contributed by atoms with Crippen molar-refractivity contribution in [1.29, 1.82) is 0 Å². The number of rotatable bonds is 7. The number of hydrogen-bond acceptors (Lipinski definition) is 5. The number of nitrogens with zero attached hydrogens (tertiary/aromatic N) is 2. The van der Waals surface area contributed by atoms with Crippen molar-refractivity contribution >= 4 is 11.3 Å². The molecule has 2 aromatic heterocycles. The van der Waals surface area contributed by atoms with Gasteiger partial charge in [-0.15, -0.1) is 11.3 Å². The maximum Gasteiger partial charge on any atom is 0.118 e. The number of furan rings is 1. The lowest BCUT2D eigenvalue weighted by atomic mass is 10.2. The minimum atomic E-state index is 0.486. The molecule has 116 valence electrons.